The molecule has 1 N–H and O–H groups in total. The predicted octanol–water partition coefficient (Wildman–Crippen LogP) is 4.24. The third kappa shape index (κ3) is 5.50. The second kappa shape index (κ2) is 10.4. The highest BCUT2D eigenvalue weighted by Gasteiger charge is 2.20. The highest BCUT2D eigenvalue weighted by Crippen LogP contribution is 2.30. The lowest BCUT2D eigenvalue weighted by molar-refractivity contribution is -0.150. The lowest BCUT2D eigenvalue weighted by Crippen LogP contribution is -2.23. The number of nitrogens with one attached hydrogen (secondary N) is 1. The van der Waals surface area contributed by atoms with Crippen molar-refractivity contribution in [2.75, 3.05) is 13.2 Å². The number of nitrogens with zero attached hydrogens (tertiary/aromatic N) is 2. The molecule has 0 radical (unpaired) electrons. The maximum Gasteiger partial charge on any atom is 0.330 e. The number of imidazole rings is 1. The van der Waals surface area contributed by atoms with Crippen molar-refractivity contribution >= 4 is 40.8 Å². The summed E-state index contributed by atoms with van der Waals surface area (Å²) in [7, 11) is 0. The van der Waals surface area contributed by atoms with E-state index in [0.29, 0.717) is 46.7 Å². The Morgan fingerprint density at radius 3 is 2.67 bits per heavy atom. The van der Waals surface area contributed by atoms with Crippen LogP contribution >= 0.6 is 23.2 Å². The van der Waals surface area contributed by atoms with E-state index in [1.165, 1.54) is 0 Å². The van der Waals surface area contributed by atoms with Crippen LogP contribution in [0.4, 0.5) is 0 Å². The molecule has 30 heavy (non-hydrogen) atoms. The first-order valence-electron chi connectivity index (χ1n) is 9.49. The molecule has 2 heterocycles. The minimum absolute atomic E-state index is 0.0487. The summed E-state index contributed by atoms with van der Waals surface area (Å²) >= 11 is 12.5. The second-order valence-corrected chi connectivity index (χ2v) is 7.27. The van der Waals surface area contributed by atoms with Gasteiger partial charge >= 0.3 is 11.9 Å². The smallest absolute Gasteiger partial charge is 0.330 e. The molecule has 1 aromatic carbocycles. The monoisotopic (exact) mass is 449 g/mol. The van der Waals surface area contributed by atoms with E-state index < -0.39 is 5.97 Å². The fourth-order valence-electron chi connectivity index (χ4n) is 2.96. The summed E-state index contributed by atoms with van der Waals surface area (Å²) in [6.45, 7) is 2.43. The Morgan fingerprint density at radius 1 is 1.17 bits per heavy atom. The van der Waals surface area contributed by atoms with Crippen LogP contribution in [0.5, 0.6) is 0 Å². The number of carbonyl (C=O) groups is 2. The lowest BCUT2D eigenvalue weighted by atomic mass is 10.1. The van der Waals surface area contributed by atoms with E-state index in [0.717, 1.165) is 5.56 Å². The van der Waals surface area contributed by atoms with Crippen molar-refractivity contribution in [3.05, 3.63) is 58.3 Å². The van der Waals surface area contributed by atoms with Crippen molar-refractivity contribution in [2.45, 2.75) is 26.2 Å². The number of ether oxygens (including phenoxy) is 1. The zero-order valence-electron chi connectivity index (χ0n) is 16.4. The highest BCUT2D eigenvalue weighted by molar-refractivity contribution is 6.36. The molecule has 0 saturated heterocycles. The number of fused-ring (bicyclic) bond motifs is 1. The molecule has 7 nitrogen and oxygen atoms in total. The Bertz CT molecular complexity index is 1040. The lowest BCUT2D eigenvalue weighted by Gasteiger charge is -2.08. The molecule has 2 aromatic heterocycles. The summed E-state index contributed by atoms with van der Waals surface area (Å²) < 4.78 is 6.55. The summed E-state index contributed by atoms with van der Waals surface area (Å²) in [4.78, 5) is 33.5. The quantitative estimate of drug-likeness (QED) is 0.298. The van der Waals surface area contributed by atoms with Crippen LogP contribution in [0.25, 0.3) is 16.9 Å². The van der Waals surface area contributed by atoms with E-state index in [4.69, 9.17) is 32.8 Å². The van der Waals surface area contributed by atoms with Gasteiger partial charge in [-0.15, -0.1) is 0 Å². The summed E-state index contributed by atoms with van der Waals surface area (Å²) in [6, 6.07) is 11.1. The Kier molecular flexibility index (Phi) is 7.68. The van der Waals surface area contributed by atoms with Gasteiger partial charge in [0.05, 0.1) is 34.5 Å². The van der Waals surface area contributed by atoms with Crippen molar-refractivity contribution in [2.24, 2.45) is 0 Å². The molecule has 0 atom stereocenters. The Labute approximate surface area is 183 Å². The van der Waals surface area contributed by atoms with Crippen LogP contribution < -0.4 is 5.48 Å². The molecule has 0 aliphatic rings. The number of halogens is 2. The Balaban J connectivity index is 1.73. The van der Waals surface area contributed by atoms with E-state index >= 15 is 0 Å². The van der Waals surface area contributed by atoms with E-state index in [1.807, 2.05) is 30.3 Å². The molecular formula is C21H21Cl2N3O4. The zero-order valence-corrected chi connectivity index (χ0v) is 17.9. The van der Waals surface area contributed by atoms with Crippen LogP contribution in [-0.2, 0) is 25.6 Å². The molecule has 0 bridgehead atoms. The molecule has 0 amide bonds. The molecule has 0 unspecified atom stereocenters. The summed E-state index contributed by atoms with van der Waals surface area (Å²) in [5.74, 6) is -0.779. The third-order valence-corrected chi connectivity index (χ3v) is 4.74. The van der Waals surface area contributed by atoms with Crippen LogP contribution in [0.1, 0.15) is 25.5 Å². The van der Waals surface area contributed by atoms with Gasteiger partial charge in [-0.2, -0.15) is 5.48 Å². The summed E-state index contributed by atoms with van der Waals surface area (Å²) in [5, 5.41) is 0.813. The Hall–Kier alpha value is -2.61. The van der Waals surface area contributed by atoms with Crippen molar-refractivity contribution in [3.63, 3.8) is 0 Å². The molecule has 3 rings (SSSR count). The number of aromatic nitrogens is 2. The first kappa shape index (κ1) is 22.1. The fraction of sp³-hybridized carbons (Fsp3) is 0.286. The molecule has 0 fully saturated rings. The molecular weight excluding hydrogens is 429 g/mol. The van der Waals surface area contributed by atoms with Gasteiger partial charge in [-0.05, 0) is 19.4 Å². The minimum atomic E-state index is -0.499. The van der Waals surface area contributed by atoms with Crippen LogP contribution in [0.3, 0.4) is 0 Å². The van der Waals surface area contributed by atoms with Gasteiger partial charge in [-0.3, -0.25) is 4.79 Å². The van der Waals surface area contributed by atoms with Gasteiger partial charge in [-0.1, -0.05) is 53.5 Å². The van der Waals surface area contributed by atoms with E-state index in [1.54, 1.807) is 23.6 Å². The van der Waals surface area contributed by atoms with Crippen molar-refractivity contribution in [1.82, 2.24) is 14.9 Å². The maximum atomic E-state index is 12.4. The first-order valence-corrected chi connectivity index (χ1v) is 10.2. The predicted molar refractivity (Wildman–Crippen MR) is 114 cm³/mol. The molecule has 3 aromatic rings. The molecule has 158 valence electrons. The molecule has 0 saturated carbocycles. The molecule has 0 aliphatic heterocycles. The van der Waals surface area contributed by atoms with Gasteiger partial charge in [-0.25, -0.2) is 9.78 Å². The average Bonchev–Trinajstić information content (AvgIpc) is 3.07. The third-order valence-electron chi connectivity index (χ3n) is 4.25. The van der Waals surface area contributed by atoms with Gasteiger partial charge in [0.25, 0.3) is 0 Å². The highest BCUT2D eigenvalue weighted by atomic mass is 35.5. The number of pyridine rings is 1. The zero-order chi connectivity index (χ0) is 21.5. The molecule has 0 spiro atoms. The Morgan fingerprint density at radius 2 is 1.93 bits per heavy atom. The standard InChI is InChI=1S/C21H21Cl2N3O4/c1-2-29-18(27)9-6-10-24-30-19(28)12-17-20(14-7-4-3-5-8-14)25-21-16(23)11-15(22)13-26(17)21/h3-5,7-8,11,13,24H,2,6,9-10,12H2,1H3. The number of carbonyl (C=O) groups excluding carboxylic acids is 2. The number of benzene rings is 1. The van der Waals surface area contributed by atoms with Gasteiger partial charge in [0, 0.05) is 24.7 Å². The minimum Gasteiger partial charge on any atom is -0.466 e. The maximum absolute atomic E-state index is 12.4. The van der Waals surface area contributed by atoms with E-state index in [-0.39, 0.29) is 18.8 Å². The van der Waals surface area contributed by atoms with Crippen molar-refractivity contribution in [3.8, 4) is 11.3 Å². The number of hydroxylamine groups is 1. The van der Waals surface area contributed by atoms with Crippen LogP contribution in [0.15, 0.2) is 42.6 Å². The fourth-order valence-corrected chi connectivity index (χ4v) is 3.47. The van der Waals surface area contributed by atoms with E-state index in [9.17, 15) is 9.59 Å². The van der Waals surface area contributed by atoms with Crippen molar-refractivity contribution in [1.29, 1.82) is 0 Å². The van der Waals surface area contributed by atoms with Gasteiger partial charge in [0.2, 0.25) is 0 Å². The summed E-state index contributed by atoms with van der Waals surface area (Å²) in [5.41, 5.74) is 5.17. The van der Waals surface area contributed by atoms with Crippen LogP contribution in [0, 0.1) is 0 Å². The largest absolute Gasteiger partial charge is 0.466 e. The SMILES string of the molecule is CCOC(=O)CCCNOC(=O)Cc1c(-c2ccccc2)nc2c(Cl)cc(Cl)cn12. The van der Waals surface area contributed by atoms with Crippen LogP contribution in [0.2, 0.25) is 10.0 Å². The average molecular weight is 450 g/mol. The second-order valence-electron chi connectivity index (χ2n) is 6.43. The summed E-state index contributed by atoms with van der Waals surface area (Å²) in [6.07, 6.45) is 2.35. The number of hydrogen-bond donors (Lipinski definition) is 1. The molecule has 0 aliphatic carbocycles. The van der Waals surface area contributed by atoms with Gasteiger partial charge in [0.15, 0.2) is 5.65 Å². The molecule has 9 heteroatoms. The first-order chi connectivity index (χ1) is 14.5. The van der Waals surface area contributed by atoms with Gasteiger partial charge < -0.3 is 14.0 Å². The number of hydrogen-bond acceptors (Lipinski definition) is 6. The van der Waals surface area contributed by atoms with Gasteiger partial charge in [0.1, 0.15) is 0 Å². The van der Waals surface area contributed by atoms with Crippen molar-refractivity contribution < 1.29 is 19.2 Å². The van der Waals surface area contributed by atoms with E-state index in [2.05, 4.69) is 10.5 Å². The number of rotatable bonds is 9. The topological polar surface area (TPSA) is 81.9 Å². The normalized spacial score (nSPS) is 10.9. The van der Waals surface area contributed by atoms with Crippen LogP contribution in [-0.4, -0.2) is 34.5 Å². The number of esters is 1.